The van der Waals surface area contributed by atoms with Gasteiger partial charge in [0.05, 0.1) is 34.1 Å². The van der Waals surface area contributed by atoms with Crippen LogP contribution in [0.5, 0.6) is 0 Å². The van der Waals surface area contributed by atoms with E-state index in [1.165, 1.54) is 55.1 Å². The van der Waals surface area contributed by atoms with Crippen molar-refractivity contribution >= 4 is 156 Å². The fourth-order valence-corrected chi connectivity index (χ4v) is 17.8. The van der Waals surface area contributed by atoms with E-state index in [0.29, 0.717) is 66.0 Å². The van der Waals surface area contributed by atoms with Crippen LogP contribution in [0.4, 0.5) is 11.4 Å². The number of nitrogens with one attached hydrogen (secondary N) is 11. The van der Waals surface area contributed by atoms with Gasteiger partial charge in [0.25, 0.3) is 20.2 Å². The predicted octanol–water partition coefficient (Wildman–Crippen LogP) is 2.70. The number of carboxylic acids is 5. The second-order valence-corrected chi connectivity index (χ2v) is 39.1. The molecule has 6 rings (SSSR count). The van der Waals surface area contributed by atoms with Gasteiger partial charge in [-0.3, -0.25) is 90.6 Å². The second kappa shape index (κ2) is 55.8. The van der Waals surface area contributed by atoms with E-state index in [1.54, 1.807) is 87.7 Å². The highest BCUT2D eigenvalue weighted by Gasteiger charge is 2.46. The van der Waals surface area contributed by atoms with E-state index >= 15 is 0 Å². The number of carbonyl (C=O) groups excluding carboxylic acids is 12. The molecule has 0 aromatic heterocycles. The largest absolute Gasteiger partial charge is 0.481 e. The fraction of sp³-hybridized carbons (Fsp3) is 0.521. The van der Waals surface area contributed by atoms with E-state index in [2.05, 4.69) is 63.6 Å². The molecular formula is C94H130N15O30S3+. The fourth-order valence-electron chi connectivity index (χ4n) is 16.2. The molecule has 0 aliphatic carbocycles. The zero-order valence-corrected chi connectivity index (χ0v) is 83.5. The van der Waals surface area contributed by atoms with Crippen molar-refractivity contribution in [1.29, 1.82) is 0 Å². The molecule has 3 heterocycles. The van der Waals surface area contributed by atoms with Crippen molar-refractivity contribution in [2.75, 3.05) is 77.0 Å². The van der Waals surface area contributed by atoms with Crippen molar-refractivity contribution < 1.29 is 147 Å². The molecule has 0 bridgehead atoms. The first-order valence-corrected chi connectivity index (χ1v) is 50.3. The number of hydrogen-bond donors (Lipinski definition) is 18. The Kier molecular flexibility index (Phi) is 46.1. The Bertz CT molecular complexity index is 5540. The van der Waals surface area contributed by atoms with Gasteiger partial charge >= 0.3 is 29.8 Å². The van der Waals surface area contributed by atoms with Gasteiger partial charge in [0, 0.05) is 112 Å². The molecule has 45 nitrogen and oxygen atoms in total. The van der Waals surface area contributed by atoms with Crippen LogP contribution in [0.15, 0.2) is 124 Å². The molecule has 18 N–H and O–H groups in total. The second-order valence-electron chi connectivity index (χ2n) is 35.4. The summed E-state index contributed by atoms with van der Waals surface area (Å²) in [4.78, 5) is 235. The van der Waals surface area contributed by atoms with Crippen LogP contribution >= 0.6 is 11.8 Å². The van der Waals surface area contributed by atoms with Gasteiger partial charge in [0.15, 0.2) is 5.71 Å². The third kappa shape index (κ3) is 36.3. The number of thioether (sulfide) groups is 1. The van der Waals surface area contributed by atoms with Crippen molar-refractivity contribution in [3.63, 3.8) is 0 Å². The van der Waals surface area contributed by atoms with Gasteiger partial charge in [-0.2, -0.15) is 33.2 Å². The zero-order valence-electron chi connectivity index (χ0n) is 81.0. The highest BCUT2D eigenvalue weighted by Crippen LogP contribution is 2.49. The van der Waals surface area contributed by atoms with Crippen LogP contribution in [-0.2, 0) is 129 Å². The van der Waals surface area contributed by atoms with Crippen LogP contribution < -0.4 is 63.4 Å². The van der Waals surface area contributed by atoms with Crippen molar-refractivity contribution in [1.82, 2.24) is 63.4 Å². The number of unbranched alkanes of at least 4 members (excludes halogenated alkanes) is 2. The maximum absolute atomic E-state index is 14.6. The number of nitrogens with zero attached hydrogens (tertiary/aromatic N) is 4. The minimum atomic E-state index is -4.64. The summed E-state index contributed by atoms with van der Waals surface area (Å²) in [5.41, 5.74) is 4.21. The molecule has 778 valence electrons. The van der Waals surface area contributed by atoms with Gasteiger partial charge in [-0.1, -0.05) is 93.9 Å². The highest BCUT2D eigenvalue weighted by atomic mass is 32.2. The van der Waals surface area contributed by atoms with Gasteiger partial charge in [-0.25, -0.2) is 0 Å². The number of hydrogen-bond acceptors (Lipinski definition) is 26. The normalized spacial score (nSPS) is 16.4. The topological polar surface area (TPSA) is 673 Å². The monoisotopic (exact) mass is 2040 g/mol. The number of oxime groups is 1. The van der Waals surface area contributed by atoms with E-state index < -0.39 is 264 Å². The van der Waals surface area contributed by atoms with Gasteiger partial charge in [-0.15, -0.1) is 0 Å². The summed E-state index contributed by atoms with van der Waals surface area (Å²) in [7, 11) is -6.37. The standard InChI is InChI=1S/C94H129N15O30S3/c1-12-107-71-37-30-59(141(132,133)134)50-61(71)93(5,6)74(107)23-17-14-13-15-18-24-75-94(7,8)62-51-60(142(135,136)137)31-38-72(62)108(75)45-20-16-19-25-76(110)98-63(32-39-79(113)114)87(126)100-64(33-40-80(115)116)88(127)101-65(34-41-81(117)118)89(128)102-66(35-42-82(119)120)90(129)103-67(36-43-83(121)122)91(130)104-69(49-57-26-28-58(29-27-57)56(4)106-138-10)85(124)96-44-47-139-53-78(112)109-46-21-22-73(109)92(131)105-68(48-55(2)3)86(125)97-52-77(111)99-70(54-140-11)84(123)95-9/h13-15,17-18,23-24,26-31,37-38,50-51,55,63-70,73H,12,16,19-22,25,32-36,39-49,52-54H2,1-11H3,(H17-,95,96,97,98,99,100,101,102,103,104,105,110,111,113,114,115,116,117,118,119,120,121,122,123,124,125,126,127,128,129,130,131,132,133,134,135,136,137)/p+1/b106-56+/t63-,64-,65-,66-,67-,68+,69+,70+,73+/m1/s1. The van der Waals surface area contributed by atoms with Gasteiger partial charge in [0.2, 0.25) is 76.6 Å². The molecule has 142 heavy (non-hydrogen) atoms. The molecule has 3 aliphatic rings. The minimum absolute atomic E-state index is 0.127. The summed E-state index contributed by atoms with van der Waals surface area (Å²) in [6, 6.07) is 0.704. The summed E-state index contributed by atoms with van der Waals surface area (Å²) < 4.78 is 76.5. The molecule has 9 atom stereocenters. The van der Waals surface area contributed by atoms with Crippen LogP contribution in [0, 0.1) is 5.92 Å². The molecular weight excluding hydrogens is 1920 g/mol. The Labute approximate surface area is 826 Å². The summed E-state index contributed by atoms with van der Waals surface area (Å²) in [6.45, 7) is 14.0. The number of aliphatic carboxylic acids is 5. The average Bonchev–Trinajstić information content (AvgIpc) is 1.59. The van der Waals surface area contributed by atoms with Crippen LogP contribution in [0.25, 0.3) is 0 Å². The van der Waals surface area contributed by atoms with Crippen molar-refractivity contribution in [2.24, 2.45) is 11.1 Å². The van der Waals surface area contributed by atoms with Crippen molar-refractivity contribution in [3.8, 4) is 0 Å². The molecule has 0 saturated carbocycles. The Balaban J connectivity index is 1.13. The first-order chi connectivity index (χ1) is 66.9. The summed E-state index contributed by atoms with van der Waals surface area (Å²) in [6.07, 6.45) is 7.43. The van der Waals surface area contributed by atoms with Crippen molar-refractivity contribution in [2.45, 2.75) is 246 Å². The molecule has 0 radical (unpaired) electrons. The average molecular weight is 2050 g/mol. The highest BCUT2D eigenvalue weighted by molar-refractivity contribution is 7.98. The lowest BCUT2D eigenvalue weighted by Gasteiger charge is -2.27. The van der Waals surface area contributed by atoms with Crippen LogP contribution in [-0.4, -0.2) is 300 Å². The number of carbonyl (C=O) groups is 17. The number of likely N-dealkylation sites (tertiary alicyclic amines) is 1. The van der Waals surface area contributed by atoms with Crippen molar-refractivity contribution in [3.05, 3.63) is 131 Å². The Morgan fingerprint density at radius 1 is 0.556 bits per heavy atom. The summed E-state index contributed by atoms with van der Waals surface area (Å²) in [5.74, 6) is -18.8. The number of anilines is 1. The molecule has 3 aromatic carbocycles. The molecule has 3 aliphatic heterocycles. The van der Waals surface area contributed by atoms with Crippen LogP contribution in [0.2, 0.25) is 0 Å². The maximum Gasteiger partial charge on any atom is 0.303 e. The van der Waals surface area contributed by atoms with Crippen LogP contribution in [0.1, 0.15) is 187 Å². The van der Waals surface area contributed by atoms with E-state index in [4.69, 9.17) is 9.57 Å². The number of benzene rings is 3. The van der Waals surface area contributed by atoms with E-state index in [1.807, 2.05) is 62.3 Å². The first-order valence-electron chi connectivity index (χ1n) is 46.1. The number of fused-ring (bicyclic) bond motifs is 2. The first kappa shape index (κ1) is 117. The van der Waals surface area contributed by atoms with Gasteiger partial charge < -0.3 is 103 Å². The third-order valence-corrected chi connectivity index (χ3v) is 26.0. The maximum atomic E-state index is 14.6. The molecule has 3 aromatic rings. The number of amides is 12. The lowest BCUT2D eigenvalue weighted by molar-refractivity contribution is -0.433. The Morgan fingerprint density at radius 2 is 1.04 bits per heavy atom. The molecule has 48 heteroatoms. The lowest BCUT2D eigenvalue weighted by Crippen LogP contribution is -2.60. The predicted molar refractivity (Wildman–Crippen MR) is 518 cm³/mol. The third-order valence-electron chi connectivity index (χ3n) is 23.6. The molecule has 1 fully saturated rings. The summed E-state index contributed by atoms with van der Waals surface area (Å²) in [5, 5.41) is 79.9. The minimum Gasteiger partial charge on any atom is -0.481 e. The quantitative estimate of drug-likeness (QED) is 0.00964. The van der Waals surface area contributed by atoms with E-state index in [0.717, 1.165) is 17.1 Å². The number of carboxylic acid groups (broad SMARTS) is 5. The number of allylic oxidation sites excluding steroid dienone is 8. The number of likely N-dealkylation sites (N-methyl/N-ethyl adjacent to an activating group) is 1. The molecule has 12 amide bonds. The van der Waals surface area contributed by atoms with Gasteiger partial charge in [-0.05, 0) is 157 Å². The SMILES string of the molecule is CC[N+]1=C(/C=C/C=C/C=C/C=C2/N(CCCCCC(=O)N[C@H](CCC(=O)O)C(=O)N[C@H](CCC(=O)O)C(=O)N[C@H](CCC(=O)O)C(=O)N[C@H](CCC(=O)O)C(=O)N[C@H](CCC(=O)O)C(=O)N[C@@H](Cc3ccc(/C(C)=N/OC)cc3)C(=O)NCCOCC(=O)N3CCC[C@H]3C(=O)N[C@@H](CC(C)C)C(=O)NCC(=O)N[C@@H](CSC)C(=O)NC)c3ccc(S(=O)(=O)O)cc3C2(C)C)C(C)(C)c2cc(S(=O)(=O)O)ccc21. The Morgan fingerprint density at radius 3 is 1.54 bits per heavy atom. The zero-order chi connectivity index (χ0) is 106. The lowest BCUT2D eigenvalue weighted by atomic mass is 9.81. The smallest absolute Gasteiger partial charge is 0.303 e. The molecule has 0 spiro atoms. The molecule has 1 saturated heterocycles. The number of ether oxygens (including phenoxy) is 1. The van der Waals surface area contributed by atoms with E-state index in [-0.39, 0.29) is 73.3 Å². The van der Waals surface area contributed by atoms with E-state index in [9.17, 15) is 133 Å². The Hall–Kier alpha value is -13.3. The molecule has 0 unspecified atom stereocenters. The number of rotatable bonds is 60. The van der Waals surface area contributed by atoms with Gasteiger partial charge in [0.1, 0.15) is 74.6 Å². The van der Waals surface area contributed by atoms with Crippen LogP contribution in [0.3, 0.4) is 0 Å². The summed E-state index contributed by atoms with van der Waals surface area (Å²) >= 11 is 1.32.